The number of para-hydroxylation sites is 1. The van der Waals surface area contributed by atoms with Gasteiger partial charge in [-0.25, -0.2) is 0 Å². The summed E-state index contributed by atoms with van der Waals surface area (Å²) in [5.74, 6) is -0.815. The summed E-state index contributed by atoms with van der Waals surface area (Å²) in [7, 11) is 0. The molecule has 1 aromatic heterocycles. The predicted molar refractivity (Wildman–Crippen MR) is 82.5 cm³/mol. The van der Waals surface area contributed by atoms with E-state index in [-0.39, 0.29) is 12.2 Å². The number of Topliss-reactive ketones (excluding diaryl/α,β-unsaturated/α-hetero) is 2. The number of hydrogen-bond donors (Lipinski definition) is 1. The van der Waals surface area contributed by atoms with Crippen LogP contribution in [-0.4, -0.2) is 16.6 Å². The van der Waals surface area contributed by atoms with Crippen molar-refractivity contribution in [2.75, 3.05) is 0 Å². The van der Waals surface area contributed by atoms with Crippen molar-refractivity contribution in [2.45, 2.75) is 13.3 Å². The van der Waals surface area contributed by atoms with E-state index in [1.807, 2.05) is 55.5 Å². The van der Waals surface area contributed by atoms with E-state index in [1.165, 1.54) is 0 Å². The second-order valence-electron chi connectivity index (χ2n) is 5.10. The molecule has 104 valence electrons. The molecule has 0 spiro atoms. The Bertz CT molecular complexity index is 830. The maximum absolute atomic E-state index is 12.4. The molecule has 21 heavy (non-hydrogen) atoms. The zero-order chi connectivity index (χ0) is 14.8. The third-order valence-corrected chi connectivity index (χ3v) is 3.70. The number of carbonyl (C=O) groups is 2. The Morgan fingerprint density at radius 1 is 1.00 bits per heavy atom. The molecule has 0 bridgehead atoms. The highest BCUT2D eigenvalue weighted by Crippen LogP contribution is 2.19. The van der Waals surface area contributed by atoms with Gasteiger partial charge >= 0.3 is 0 Å². The summed E-state index contributed by atoms with van der Waals surface area (Å²) in [5.41, 5.74) is 3.24. The Morgan fingerprint density at radius 2 is 1.71 bits per heavy atom. The number of aryl methyl sites for hydroxylation is 1. The van der Waals surface area contributed by atoms with Crippen molar-refractivity contribution < 1.29 is 9.59 Å². The lowest BCUT2D eigenvalue weighted by molar-refractivity contribution is -0.114. The van der Waals surface area contributed by atoms with Crippen molar-refractivity contribution in [1.82, 2.24) is 4.98 Å². The number of carbonyl (C=O) groups excluding carboxylic acids is 2. The Labute approximate surface area is 122 Å². The minimum Gasteiger partial charge on any atom is -0.360 e. The first kappa shape index (κ1) is 13.3. The molecule has 1 heterocycles. The van der Waals surface area contributed by atoms with E-state index >= 15 is 0 Å². The summed E-state index contributed by atoms with van der Waals surface area (Å²) in [5, 5.41) is 0.792. The van der Waals surface area contributed by atoms with Gasteiger partial charge in [-0.15, -0.1) is 0 Å². The summed E-state index contributed by atoms with van der Waals surface area (Å²) >= 11 is 0. The Hall–Kier alpha value is -2.68. The molecule has 0 fully saturated rings. The van der Waals surface area contributed by atoms with Crippen LogP contribution in [0.4, 0.5) is 0 Å². The number of fused-ring (bicyclic) bond motifs is 1. The van der Waals surface area contributed by atoms with E-state index in [0.717, 1.165) is 22.0 Å². The smallest absolute Gasteiger partial charge is 0.231 e. The third kappa shape index (κ3) is 2.50. The Balaban J connectivity index is 1.88. The summed E-state index contributed by atoms with van der Waals surface area (Å²) < 4.78 is 0. The zero-order valence-electron chi connectivity index (χ0n) is 11.7. The monoisotopic (exact) mass is 277 g/mol. The van der Waals surface area contributed by atoms with Crippen molar-refractivity contribution in [2.24, 2.45) is 0 Å². The van der Waals surface area contributed by atoms with E-state index in [4.69, 9.17) is 0 Å². The van der Waals surface area contributed by atoms with Crippen LogP contribution in [-0.2, 0) is 11.2 Å². The average Bonchev–Trinajstić information content (AvgIpc) is 2.92. The normalized spacial score (nSPS) is 10.7. The van der Waals surface area contributed by atoms with Gasteiger partial charge in [0.15, 0.2) is 0 Å². The van der Waals surface area contributed by atoms with Gasteiger partial charge in [-0.3, -0.25) is 9.59 Å². The predicted octanol–water partition coefficient (Wildman–Crippen LogP) is 3.47. The number of H-pyrrole nitrogens is 1. The molecule has 0 radical (unpaired) electrons. The second kappa shape index (κ2) is 5.37. The topological polar surface area (TPSA) is 49.9 Å². The van der Waals surface area contributed by atoms with Gasteiger partial charge in [-0.05, 0) is 24.1 Å². The first-order valence-electron chi connectivity index (χ1n) is 6.85. The van der Waals surface area contributed by atoms with Crippen LogP contribution in [0, 0.1) is 6.92 Å². The molecule has 2 aromatic carbocycles. The van der Waals surface area contributed by atoms with Crippen LogP contribution >= 0.6 is 0 Å². The lowest BCUT2D eigenvalue weighted by Crippen LogP contribution is -2.16. The van der Waals surface area contributed by atoms with E-state index < -0.39 is 5.78 Å². The molecule has 3 rings (SSSR count). The largest absolute Gasteiger partial charge is 0.360 e. The van der Waals surface area contributed by atoms with Crippen molar-refractivity contribution in [3.63, 3.8) is 0 Å². The summed E-state index contributed by atoms with van der Waals surface area (Å²) in [6.45, 7) is 1.94. The van der Waals surface area contributed by atoms with E-state index in [1.54, 1.807) is 6.20 Å². The fourth-order valence-electron chi connectivity index (χ4n) is 2.47. The molecule has 3 heteroatoms. The van der Waals surface area contributed by atoms with Gasteiger partial charge in [0, 0.05) is 23.5 Å². The van der Waals surface area contributed by atoms with Gasteiger partial charge in [0.1, 0.15) is 0 Å². The number of nitrogens with one attached hydrogen (secondary N) is 1. The highest BCUT2D eigenvalue weighted by atomic mass is 16.2. The Morgan fingerprint density at radius 3 is 2.52 bits per heavy atom. The maximum Gasteiger partial charge on any atom is 0.231 e. The molecule has 0 saturated carbocycles. The third-order valence-electron chi connectivity index (χ3n) is 3.70. The quantitative estimate of drug-likeness (QED) is 0.586. The van der Waals surface area contributed by atoms with Gasteiger partial charge < -0.3 is 4.98 Å². The summed E-state index contributed by atoms with van der Waals surface area (Å²) in [6.07, 6.45) is 1.76. The fourth-order valence-corrected chi connectivity index (χ4v) is 2.47. The fraction of sp³-hybridized carbons (Fsp3) is 0.111. The van der Waals surface area contributed by atoms with Crippen LogP contribution in [0.1, 0.15) is 21.5 Å². The molecular weight excluding hydrogens is 262 g/mol. The number of hydrogen-bond acceptors (Lipinski definition) is 2. The standard InChI is InChI=1S/C18H15NO2/c1-12-6-2-3-7-13(12)10-17(20)18(21)15-11-19-16-9-5-4-8-14(15)16/h2-9,11,19H,10H2,1H3. The average molecular weight is 277 g/mol. The lowest BCUT2D eigenvalue weighted by Gasteiger charge is -2.04. The molecular formula is C18H15NO2. The first-order valence-corrected chi connectivity index (χ1v) is 6.85. The molecule has 1 N–H and O–H groups in total. The first-order chi connectivity index (χ1) is 10.2. The van der Waals surface area contributed by atoms with Crippen LogP contribution in [0.2, 0.25) is 0 Å². The van der Waals surface area contributed by atoms with Crippen LogP contribution < -0.4 is 0 Å². The van der Waals surface area contributed by atoms with Crippen LogP contribution in [0.3, 0.4) is 0 Å². The number of aromatic amines is 1. The summed E-state index contributed by atoms with van der Waals surface area (Å²) in [6, 6.07) is 15.1. The van der Waals surface area contributed by atoms with E-state index in [2.05, 4.69) is 4.98 Å². The highest BCUT2D eigenvalue weighted by Gasteiger charge is 2.20. The van der Waals surface area contributed by atoms with Crippen LogP contribution in [0.5, 0.6) is 0 Å². The molecule has 0 aliphatic carbocycles. The molecule has 0 atom stereocenters. The second-order valence-corrected chi connectivity index (χ2v) is 5.10. The molecule has 0 amide bonds. The number of benzene rings is 2. The molecule has 3 nitrogen and oxygen atoms in total. The minimum atomic E-state index is -0.435. The molecule has 0 saturated heterocycles. The van der Waals surface area contributed by atoms with E-state index in [0.29, 0.717) is 5.56 Å². The number of ketones is 2. The van der Waals surface area contributed by atoms with Gasteiger partial charge in [0.05, 0.1) is 5.56 Å². The van der Waals surface area contributed by atoms with Gasteiger partial charge in [0.25, 0.3) is 0 Å². The van der Waals surface area contributed by atoms with E-state index in [9.17, 15) is 9.59 Å². The lowest BCUT2D eigenvalue weighted by atomic mass is 9.98. The minimum absolute atomic E-state index is 0.144. The van der Waals surface area contributed by atoms with Crippen molar-refractivity contribution in [3.8, 4) is 0 Å². The Kier molecular flexibility index (Phi) is 3.40. The summed E-state index contributed by atoms with van der Waals surface area (Å²) in [4.78, 5) is 27.6. The van der Waals surface area contributed by atoms with Gasteiger partial charge in [0.2, 0.25) is 11.6 Å². The highest BCUT2D eigenvalue weighted by molar-refractivity contribution is 6.46. The maximum atomic E-state index is 12.4. The van der Waals surface area contributed by atoms with Crippen molar-refractivity contribution in [3.05, 3.63) is 71.4 Å². The zero-order valence-corrected chi connectivity index (χ0v) is 11.7. The van der Waals surface area contributed by atoms with Crippen LogP contribution in [0.25, 0.3) is 10.9 Å². The van der Waals surface area contributed by atoms with Crippen LogP contribution in [0.15, 0.2) is 54.7 Å². The SMILES string of the molecule is Cc1ccccc1CC(=O)C(=O)c1c[nH]c2ccccc12. The number of rotatable bonds is 4. The van der Waals surface area contributed by atoms with Crippen molar-refractivity contribution >= 4 is 22.5 Å². The molecule has 0 aliphatic rings. The van der Waals surface area contributed by atoms with Gasteiger partial charge in [-0.2, -0.15) is 0 Å². The molecule has 0 unspecified atom stereocenters. The number of aromatic nitrogens is 1. The van der Waals surface area contributed by atoms with Gasteiger partial charge in [-0.1, -0.05) is 42.5 Å². The molecule has 3 aromatic rings. The van der Waals surface area contributed by atoms with Crippen molar-refractivity contribution in [1.29, 1.82) is 0 Å². The molecule has 0 aliphatic heterocycles.